The summed E-state index contributed by atoms with van der Waals surface area (Å²) in [5.74, 6) is 6.55. The normalized spacial score (nSPS) is 12.1. The predicted octanol–water partition coefficient (Wildman–Crippen LogP) is 6.55. The number of hydrogen-bond acceptors (Lipinski definition) is 1. The highest BCUT2D eigenvalue weighted by atomic mass is 14.7. The van der Waals surface area contributed by atoms with Crippen LogP contribution >= 0.6 is 0 Å². The molecule has 1 nitrogen and oxygen atoms in total. The van der Waals surface area contributed by atoms with E-state index in [-0.39, 0.29) is 0 Å². The summed E-state index contributed by atoms with van der Waals surface area (Å²) in [6, 6.07) is 31.9. The van der Waals surface area contributed by atoms with Gasteiger partial charge in [0.05, 0.1) is 11.2 Å². The van der Waals surface area contributed by atoms with E-state index in [1.807, 2.05) is 30.3 Å². The third-order valence-electron chi connectivity index (χ3n) is 5.93. The van der Waals surface area contributed by atoms with Crippen molar-refractivity contribution >= 4 is 21.7 Å². The number of nitrogens with zero attached hydrogens (tertiary/aromatic N) is 1. The number of rotatable bonds is 0. The average molecular weight is 381 g/mol. The number of hydrogen-bond donors (Lipinski definition) is 0. The van der Waals surface area contributed by atoms with Crippen LogP contribution in [0.5, 0.6) is 0 Å². The third kappa shape index (κ3) is 2.86. The van der Waals surface area contributed by atoms with Crippen molar-refractivity contribution in [1.82, 2.24) is 4.98 Å². The van der Waals surface area contributed by atoms with Gasteiger partial charge < -0.3 is 0 Å². The fraction of sp³-hybridized carbons (Fsp3) is 0.0690. The third-order valence-corrected chi connectivity index (χ3v) is 5.93. The summed E-state index contributed by atoms with van der Waals surface area (Å²) >= 11 is 0. The van der Waals surface area contributed by atoms with Crippen LogP contribution in [0, 0.1) is 11.8 Å². The Labute approximate surface area is 176 Å². The molecule has 0 atom stereocenters. The highest BCUT2D eigenvalue weighted by molar-refractivity contribution is 6.00. The Morgan fingerprint density at radius 3 is 2.33 bits per heavy atom. The number of pyridine rings is 1. The number of benzene rings is 4. The smallest absolute Gasteiger partial charge is 0.0750 e. The molecule has 0 unspecified atom stereocenters. The minimum Gasteiger partial charge on any atom is -0.247 e. The number of aryl methyl sites for hydroxylation is 2. The Morgan fingerprint density at radius 1 is 0.600 bits per heavy atom. The van der Waals surface area contributed by atoms with E-state index in [4.69, 9.17) is 4.98 Å². The Hall–Kier alpha value is -3.89. The lowest BCUT2D eigenvalue weighted by Gasteiger charge is -2.21. The Morgan fingerprint density at radius 2 is 1.40 bits per heavy atom. The second kappa shape index (κ2) is 6.87. The molecule has 30 heavy (non-hydrogen) atoms. The molecule has 4 aromatic carbocycles. The van der Waals surface area contributed by atoms with Crippen LogP contribution in [0.3, 0.4) is 0 Å². The van der Waals surface area contributed by atoms with Crippen LogP contribution in [-0.2, 0) is 12.8 Å². The topological polar surface area (TPSA) is 12.9 Å². The summed E-state index contributed by atoms with van der Waals surface area (Å²) in [5.41, 5.74) is 8.27. The molecular formula is C29H19N. The molecule has 0 fully saturated rings. The zero-order valence-corrected chi connectivity index (χ0v) is 16.5. The average Bonchev–Trinajstić information content (AvgIpc) is 2.81. The molecule has 0 bridgehead atoms. The van der Waals surface area contributed by atoms with E-state index in [2.05, 4.69) is 72.5 Å². The SMILES string of the molecule is C(#Cc1ccc2nc3c(cc2c1)CCc1ccc2ccccc2c1-3)c1ccccc1. The molecule has 5 aromatic rings. The van der Waals surface area contributed by atoms with Crippen LogP contribution in [0.1, 0.15) is 22.3 Å². The highest BCUT2D eigenvalue weighted by Crippen LogP contribution is 2.38. The molecule has 0 aliphatic heterocycles. The van der Waals surface area contributed by atoms with Crippen molar-refractivity contribution in [2.75, 3.05) is 0 Å². The van der Waals surface area contributed by atoms with E-state index in [1.165, 1.54) is 27.5 Å². The Kier molecular flexibility index (Phi) is 3.89. The molecule has 0 N–H and O–H groups in total. The summed E-state index contributed by atoms with van der Waals surface area (Å²) in [6.45, 7) is 0. The minimum absolute atomic E-state index is 1.02. The van der Waals surface area contributed by atoms with Gasteiger partial charge in [-0.1, -0.05) is 66.4 Å². The predicted molar refractivity (Wildman–Crippen MR) is 125 cm³/mol. The summed E-state index contributed by atoms with van der Waals surface area (Å²) in [4.78, 5) is 5.12. The van der Waals surface area contributed by atoms with Gasteiger partial charge >= 0.3 is 0 Å². The van der Waals surface area contributed by atoms with Crippen molar-refractivity contribution in [1.29, 1.82) is 0 Å². The zero-order chi connectivity index (χ0) is 19.9. The molecule has 140 valence electrons. The Bertz CT molecular complexity index is 1480. The molecule has 0 spiro atoms. The van der Waals surface area contributed by atoms with E-state index in [0.29, 0.717) is 0 Å². The van der Waals surface area contributed by atoms with E-state index in [0.717, 1.165) is 40.6 Å². The van der Waals surface area contributed by atoms with Crippen molar-refractivity contribution in [2.24, 2.45) is 0 Å². The highest BCUT2D eigenvalue weighted by Gasteiger charge is 2.20. The van der Waals surface area contributed by atoms with Crippen molar-refractivity contribution < 1.29 is 0 Å². The molecule has 6 rings (SSSR count). The van der Waals surface area contributed by atoms with E-state index < -0.39 is 0 Å². The van der Waals surface area contributed by atoms with Crippen LogP contribution in [0.15, 0.2) is 91.0 Å². The second-order valence-corrected chi connectivity index (χ2v) is 7.84. The standard InChI is InChI=1S/C29H19N/c1-2-6-20(7-3-1)10-11-21-12-17-27-25(18-21)19-24-16-15-23-14-13-22-8-4-5-9-26(22)28(23)29(24)30-27/h1-9,12-14,17-19H,15-16H2. The molecule has 0 saturated carbocycles. The molecular weight excluding hydrogens is 362 g/mol. The van der Waals surface area contributed by atoms with Crippen molar-refractivity contribution in [3.8, 4) is 23.1 Å². The summed E-state index contributed by atoms with van der Waals surface area (Å²) in [7, 11) is 0. The molecule has 0 radical (unpaired) electrons. The van der Waals surface area contributed by atoms with Crippen LogP contribution < -0.4 is 0 Å². The first-order valence-electron chi connectivity index (χ1n) is 10.4. The van der Waals surface area contributed by atoms with Crippen LogP contribution in [-0.4, -0.2) is 4.98 Å². The van der Waals surface area contributed by atoms with Gasteiger partial charge in [0.25, 0.3) is 0 Å². The molecule has 0 amide bonds. The van der Waals surface area contributed by atoms with Gasteiger partial charge in [-0.15, -0.1) is 0 Å². The van der Waals surface area contributed by atoms with Gasteiger partial charge in [-0.25, -0.2) is 4.98 Å². The lowest BCUT2D eigenvalue weighted by Crippen LogP contribution is -2.06. The first kappa shape index (κ1) is 17.0. The number of fused-ring (bicyclic) bond motifs is 6. The first-order valence-corrected chi connectivity index (χ1v) is 10.4. The molecule has 0 saturated heterocycles. The maximum Gasteiger partial charge on any atom is 0.0750 e. The van der Waals surface area contributed by atoms with Crippen LogP contribution in [0.25, 0.3) is 32.9 Å². The summed E-state index contributed by atoms with van der Waals surface area (Å²) in [5, 5.41) is 3.74. The maximum atomic E-state index is 5.12. The van der Waals surface area contributed by atoms with Gasteiger partial charge in [0.2, 0.25) is 0 Å². The van der Waals surface area contributed by atoms with Crippen LogP contribution in [0.2, 0.25) is 0 Å². The molecule has 1 heteroatoms. The second-order valence-electron chi connectivity index (χ2n) is 7.84. The monoisotopic (exact) mass is 381 g/mol. The van der Waals surface area contributed by atoms with E-state index >= 15 is 0 Å². The lowest BCUT2D eigenvalue weighted by atomic mass is 9.85. The van der Waals surface area contributed by atoms with Gasteiger partial charge in [0.1, 0.15) is 0 Å². The van der Waals surface area contributed by atoms with Crippen molar-refractivity contribution in [3.05, 3.63) is 113 Å². The van der Waals surface area contributed by atoms with E-state index in [1.54, 1.807) is 0 Å². The quantitative estimate of drug-likeness (QED) is 0.277. The summed E-state index contributed by atoms with van der Waals surface area (Å²) in [6.07, 6.45) is 2.09. The largest absolute Gasteiger partial charge is 0.247 e. The van der Waals surface area contributed by atoms with Gasteiger partial charge in [-0.3, -0.25) is 0 Å². The fourth-order valence-corrected chi connectivity index (χ4v) is 4.44. The number of aromatic nitrogens is 1. The molecule has 1 aromatic heterocycles. The molecule has 1 aliphatic carbocycles. The zero-order valence-electron chi connectivity index (χ0n) is 16.5. The fourth-order valence-electron chi connectivity index (χ4n) is 4.44. The summed E-state index contributed by atoms with van der Waals surface area (Å²) < 4.78 is 0. The van der Waals surface area contributed by atoms with Crippen molar-refractivity contribution in [2.45, 2.75) is 12.8 Å². The van der Waals surface area contributed by atoms with Crippen LogP contribution in [0.4, 0.5) is 0 Å². The molecule has 1 heterocycles. The van der Waals surface area contributed by atoms with Gasteiger partial charge in [0, 0.05) is 22.1 Å². The van der Waals surface area contributed by atoms with Gasteiger partial charge in [-0.2, -0.15) is 0 Å². The van der Waals surface area contributed by atoms with E-state index in [9.17, 15) is 0 Å². The lowest BCUT2D eigenvalue weighted by molar-refractivity contribution is 0.936. The molecule has 1 aliphatic rings. The van der Waals surface area contributed by atoms with Gasteiger partial charge in [-0.05, 0) is 71.1 Å². The maximum absolute atomic E-state index is 5.12. The van der Waals surface area contributed by atoms with Gasteiger partial charge in [0.15, 0.2) is 0 Å². The first-order chi connectivity index (χ1) is 14.8. The minimum atomic E-state index is 1.02. The van der Waals surface area contributed by atoms with Crippen molar-refractivity contribution in [3.63, 3.8) is 0 Å². The Balaban J connectivity index is 1.49.